The predicted octanol–water partition coefficient (Wildman–Crippen LogP) is 4.16. The van der Waals surface area contributed by atoms with Gasteiger partial charge in [0, 0.05) is 11.1 Å². The first-order valence-electron chi connectivity index (χ1n) is 5.24. The van der Waals surface area contributed by atoms with Crippen LogP contribution in [0.5, 0.6) is 0 Å². The van der Waals surface area contributed by atoms with E-state index in [1.54, 1.807) is 6.92 Å². The van der Waals surface area contributed by atoms with E-state index in [1.807, 2.05) is 0 Å². The maximum atomic E-state index is 13.2. The van der Waals surface area contributed by atoms with Gasteiger partial charge in [-0.2, -0.15) is 0 Å². The molecule has 0 atom stereocenters. The first-order valence-corrected chi connectivity index (χ1v) is 5.62. The summed E-state index contributed by atoms with van der Waals surface area (Å²) in [5.74, 6) is -1.57. The molecule has 0 heterocycles. The average molecular weight is 267 g/mol. The maximum absolute atomic E-state index is 13.2. The normalized spacial score (nSPS) is 10.4. The van der Waals surface area contributed by atoms with Gasteiger partial charge in [0.2, 0.25) is 0 Å². The summed E-state index contributed by atoms with van der Waals surface area (Å²) in [5, 5.41) is 0.142. The van der Waals surface area contributed by atoms with E-state index >= 15 is 0 Å². The Labute approximate surface area is 108 Å². The Balaban J connectivity index is 2.51. The summed E-state index contributed by atoms with van der Waals surface area (Å²) in [6.07, 6.45) is 0. The van der Waals surface area contributed by atoms with Crippen LogP contribution in [-0.4, -0.2) is 5.78 Å². The van der Waals surface area contributed by atoms with E-state index in [4.69, 9.17) is 11.6 Å². The molecule has 0 spiro atoms. The monoisotopic (exact) mass is 266 g/mol. The molecule has 0 fully saturated rings. The van der Waals surface area contributed by atoms with Crippen LogP contribution in [0.3, 0.4) is 0 Å². The second-order valence-corrected chi connectivity index (χ2v) is 4.38. The third kappa shape index (κ3) is 2.57. The highest BCUT2D eigenvalue weighted by molar-refractivity contribution is 6.35. The van der Waals surface area contributed by atoms with Crippen LogP contribution >= 0.6 is 11.6 Å². The van der Waals surface area contributed by atoms with Crippen molar-refractivity contribution in [2.45, 2.75) is 6.92 Å². The van der Waals surface area contributed by atoms with Crippen LogP contribution in [0.1, 0.15) is 21.5 Å². The van der Waals surface area contributed by atoms with Gasteiger partial charge in [0.05, 0.1) is 5.02 Å². The van der Waals surface area contributed by atoms with Crippen molar-refractivity contribution in [2.24, 2.45) is 0 Å². The number of aryl methyl sites for hydroxylation is 1. The topological polar surface area (TPSA) is 17.1 Å². The minimum atomic E-state index is -0.559. The summed E-state index contributed by atoms with van der Waals surface area (Å²) in [4.78, 5) is 12.1. The van der Waals surface area contributed by atoms with Crippen LogP contribution in [0.2, 0.25) is 5.02 Å². The largest absolute Gasteiger partial charge is 0.289 e. The zero-order chi connectivity index (χ0) is 13.3. The lowest BCUT2D eigenvalue weighted by Crippen LogP contribution is -2.04. The van der Waals surface area contributed by atoms with E-state index in [2.05, 4.69) is 0 Å². The van der Waals surface area contributed by atoms with Crippen LogP contribution in [-0.2, 0) is 0 Å². The number of hydrogen-bond acceptors (Lipinski definition) is 1. The molecular weight excluding hydrogens is 258 g/mol. The molecule has 2 aromatic rings. The van der Waals surface area contributed by atoms with Crippen molar-refractivity contribution >= 4 is 17.4 Å². The zero-order valence-electron chi connectivity index (χ0n) is 9.51. The lowest BCUT2D eigenvalue weighted by Gasteiger charge is -2.05. The molecule has 0 saturated carbocycles. The number of benzene rings is 2. The molecule has 0 N–H and O–H groups in total. The minimum Gasteiger partial charge on any atom is -0.289 e. The number of carbonyl (C=O) groups is 1. The van der Waals surface area contributed by atoms with Crippen LogP contribution in [0.4, 0.5) is 8.78 Å². The van der Waals surface area contributed by atoms with E-state index < -0.39 is 17.4 Å². The molecule has 0 saturated heterocycles. The fourth-order valence-electron chi connectivity index (χ4n) is 1.69. The Bertz CT molecular complexity index is 603. The smallest absolute Gasteiger partial charge is 0.194 e. The summed E-state index contributed by atoms with van der Waals surface area (Å²) in [7, 11) is 0. The summed E-state index contributed by atoms with van der Waals surface area (Å²) in [6.45, 7) is 1.67. The molecule has 0 aliphatic heterocycles. The molecule has 0 amide bonds. The molecule has 0 aliphatic rings. The number of halogens is 3. The van der Waals surface area contributed by atoms with Gasteiger partial charge in [-0.25, -0.2) is 8.78 Å². The number of ketones is 1. The van der Waals surface area contributed by atoms with E-state index in [0.717, 1.165) is 18.2 Å². The molecule has 92 valence electrons. The lowest BCUT2D eigenvalue weighted by atomic mass is 10.0. The van der Waals surface area contributed by atoms with Crippen LogP contribution in [0.15, 0.2) is 36.4 Å². The standard InChI is InChI=1S/C14H9ClF2O/c1-8-4-9(6-11(17)5-8)14(18)12-7-10(16)2-3-13(12)15/h2-7H,1H3. The summed E-state index contributed by atoms with van der Waals surface area (Å²) in [5.41, 5.74) is 0.799. The van der Waals surface area contributed by atoms with E-state index in [1.165, 1.54) is 18.2 Å². The Morgan fingerprint density at radius 1 is 1.06 bits per heavy atom. The van der Waals surface area contributed by atoms with Crippen molar-refractivity contribution in [1.82, 2.24) is 0 Å². The number of hydrogen-bond donors (Lipinski definition) is 0. The number of carbonyl (C=O) groups excluding carboxylic acids is 1. The molecule has 4 heteroatoms. The van der Waals surface area contributed by atoms with Gasteiger partial charge >= 0.3 is 0 Å². The Morgan fingerprint density at radius 3 is 2.44 bits per heavy atom. The fraction of sp³-hybridized carbons (Fsp3) is 0.0714. The Morgan fingerprint density at radius 2 is 1.78 bits per heavy atom. The van der Waals surface area contributed by atoms with E-state index in [-0.39, 0.29) is 16.1 Å². The lowest BCUT2D eigenvalue weighted by molar-refractivity contribution is 0.103. The third-order valence-electron chi connectivity index (χ3n) is 2.48. The molecule has 0 unspecified atom stereocenters. The van der Waals surface area contributed by atoms with Crippen molar-refractivity contribution in [3.8, 4) is 0 Å². The zero-order valence-corrected chi connectivity index (χ0v) is 10.3. The highest BCUT2D eigenvalue weighted by Crippen LogP contribution is 2.21. The van der Waals surface area contributed by atoms with Gasteiger partial charge in [-0.05, 0) is 48.9 Å². The minimum absolute atomic E-state index is 0.0293. The molecule has 0 aromatic heterocycles. The summed E-state index contributed by atoms with van der Waals surface area (Å²) < 4.78 is 26.3. The molecular formula is C14H9ClF2O. The molecule has 18 heavy (non-hydrogen) atoms. The van der Waals surface area contributed by atoms with Crippen molar-refractivity contribution in [3.63, 3.8) is 0 Å². The highest BCUT2D eigenvalue weighted by Gasteiger charge is 2.15. The fourth-order valence-corrected chi connectivity index (χ4v) is 1.90. The van der Waals surface area contributed by atoms with Crippen LogP contribution in [0.25, 0.3) is 0 Å². The van der Waals surface area contributed by atoms with Gasteiger partial charge < -0.3 is 0 Å². The highest BCUT2D eigenvalue weighted by atomic mass is 35.5. The molecule has 1 nitrogen and oxygen atoms in total. The van der Waals surface area contributed by atoms with Crippen molar-refractivity contribution in [3.05, 3.63) is 69.7 Å². The maximum Gasteiger partial charge on any atom is 0.194 e. The second kappa shape index (κ2) is 4.86. The summed E-state index contributed by atoms with van der Waals surface area (Å²) >= 11 is 5.84. The predicted molar refractivity (Wildman–Crippen MR) is 66.0 cm³/mol. The van der Waals surface area contributed by atoms with E-state index in [9.17, 15) is 13.6 Å². The molecule has 0 bridgehead atoms. The quantitative estimate of drug-likeness (QED) is 0.746. The van der Waals surface area contributed by atoms with Gasteiger partial charge in [0.1, 0.15) is 11.6 Å². The Hall–Kier alpha value is -1.74. The van der Waals surface area contributed by atoms with Crippen molar-refractivity contribution in [1.29, 1.82) is 0 Å². The van der Waals surface area contributed by atoms with Gasteiger partial charge in [0.25, 0.3) is 0 Å². The van der Waals surface area contributed by atoms with Crippen molar-refractivity contribution in [2.75, 3.05) is 0 Å². The SMILES string of the molecule is Cc1cc(F)cc(C(=O)c2cc(F)ccc2Cl)c1. The van der Waals surface area contributed by atoms with Crippen molar-refractivity contribution < 1.29 is 13.6 Å². The van der Waals surface area contributed by atoms with Gasteiger partial charge in [0.15, 0.2) is 5.78 Å². The molecule has 0 radical (unpaired) electrons. The van der Waals surface area contributed by atoms with Gasteiger partial charge in [-0.3, -0.25) is 4.79 Å². The van der Waals surface area contributed by atoms with Gasteiger partial charge in [-0.15, -0.1) is 0 Å². The van der Waals surface area contributed by atoms with Crippen LogP contribution in [0, 0.1) is 18.6 Å². The molecule has 2 rings (SSSR count). The Kier molecular flexibility index (Phi) is 3.43. The average Bonchev–Trinajstić information content (AvgIpc) is 2.30. The van der Waals surface area contributed by atoms with Gasteiger partial charge in [-0.1, -0.05) is 11.6 Å². The second-order valence-electron chi connectivity index (χ2n) is 3.97. The number of rotatable bonds is 2. The molecule has 2 aromatic carbocycles. The third-order valence-corrected chi connectivity index (χ3v) is 2.81. The first kappa shape index (κ1) is 12.7. The first-order chi connectivity index (χ1) is 8.47. The van der Waals surface area contributed by atoms with Crippen LogP contribution < -0.4 is 0 Å². The summed E-state index contributed by atoms with van der Waals surface area (Å²) in [6, 6.07) is 7.46. The molecule has 0 aliphatic carbocycles. The van der Waals surface area contributed by atoms with E-state index in [0.29, 0.717) is 5.56 Å².